The molecule has 0 aromatic heterocycles. The summed E-state index contributed by atoms with van der Waals surface area (Å²) in [6, 6.07) is 2.81. The van der Waals surface area contributed by atoms with E-state index in [1.54, 1.807) is 0 Å². The van der Waals surface area contributed by atoms with Crippen molar-refractivity contribution in [3.05, 3.63) is 35.4 Å². The first kappa shape index (κ1) is 16.5. The molecule has 0 unspecified atom stereocenters. The first-order valence-corrected chi connectivity index (χ1v) is 6.93. The highest BCUT2D eigenvalue weighted by Crippen LogP contribution is 2.27. The molecule has 0 aliphatic heterocycles. The number of rotatable bonds is 8. The monoisotopic (exact) mass is 284 g/mol. The van der Waals surface area contributed by atoms with Gasteiger partial charge in [0.15, 0.2) is 11.5 Å². The summed E-state index contributed by atoms with van der Waals surface area (Å²) >= 11 is 0. The molecule has 0 saturated carbocycles. The number of hydrogen-bond acceptors (Lipinski definition) is 2. The third kappa shape index (κ3) is 5.19. The maximum Gasteiger partial charge on any atom is 0.204 e. The third-order valence-corrected chi connectivity index (χ3v) is 2.69. The number of ether oxygens (including phenoxy) is 2. The van der Waals surface area contributed by atoms with Crippen LogP contribution in [0.2, 0.25) is 0 Å². The lowest BCUT2D eigenvalue weighted by Gasteiger charge is -2.10. The first-order chi connectivity index (χ1) is 9.56. The Morgan fingerprint density at radius 3 is 2.10 bits per heavy atom. The van der Waals surface area contributed by atoms with Gasteiger partial charge in [-0.25, -0.2) is 0 Å². The van der Waals surface area contributed by atoms with Crippen LogP contribution in [-0.2, 0) is 0 Å². The van der Waals surface area contributed by atoms with Crippen LogP contribution in [0.1, 0.15) is 40.0 Å². The molecule has 0 saturated heterocycles. The predicted molar refractivity (Wildman–Crippen MR) is 76.3 cm³/mol. The van der Waals surface area contributed by atoms with Crippen LogP contribution in [0.25, 0.3) is 0 Å². The summed E-state index contributed by atoms with van der Waals surface area (Å²) in [6.45, 7) is 6.65. The highest BCUT2D eigenvalue weighted by atomic mass is 19.2. The van der Waals surface area contributed by atoms with Crippen LogP contribution in [0.15, 0.2) is 23.8 Å². The molecule has 0 heterocycles. The van der Waals surface area contributed by atoms with E-state index in [0.29, 0.717) is 19.6 Å². The van der Waals surface area contributed by atoms with Gasteiger partial charge in [0.2, 0.25) is 11.6 Å². The van der Waals surface area contributed by atoms with Gasteiger partial charge in [0.25, 0.3) is 0 Å². The Balaban J connectivity index is 2.61. The average Bonchev–Trinajstić information content (AvgIpc) is 2.41. The van der Waals surface area contributed by atoms with Crippen LogP contribution in [-0.4, -0.2) is 13.2 Å². The fourth-order valence-corrected chi connectivity index (χ4v) is 1.58. The van der Waals surface area contributed by atoms with E-state index < -0.39 is 11.6 Å². The molecule has 0 aliphatic carbocycles. The Morgan fingerprint density at radius 2 is 1.60 bits per heavy atom. The molecule has 0 bridgehead atoms. The van der Waals surface area contributed by atoms with Crippen LogP contribution in [0, 0.1) is 11.6 Å². The molecule has 4 heteroatoms. The molecule has 0 radical (unpaired) electrons. The molecule has 1 aromatic rings. The second-order valence-corrected chi connectivity index (χ2v) is 4.81. The minimum absolute atomic E-state index is 0.0624. The average molecular weight is 284 g/mol. The van der Waals surface area contributed by atoms with E-state index in [-0.39, 0.29) is 11.5 Å². The molecule has 1 aromatic carbocycles. The van der Waals surface area contributed by atoms with Gasteiger partial charge in [0, 0.05) is 0 Å². The topological polar surface area (TPSA) is 18.5 Å². The van der Waals surface area contributed by atoms with Gasteiger partial charge in [-0.3, -0.25) is 0 Å². The smallest absolute Gasteiger partial charge is 0.204 e. The van der Waals surface area contributed by atoms with Crippen LogP contribution in [0.5, 0.6) is 11.5 Å². The van der Waals surface area contributed by atoms with Gasteiger partial charge in [-0.1, -0.05) is 25.0 Å². The number of unbranched alkanes of at least 4 members (excludes halogenated alkanes) is 1. The summed E-state index contributed by atoms with van der Waals surface area (Å²) in [5.74, 6) is -2.11. The summed E-state index contributed by atoms with van der Waals surface area (Å²) in [6.07, 6.45) is 4.40. The molecular weight excluding hydrogens is 262 g/mol. The molecule has 112 valence electrons. The second-order valence-electron chi connectivity index (χ2n) is 4.81. The van der Waals surface area contributed by atoms with Crippen molar-refractivity contribution in [2.75, 3.05) is 13.2 Å². The largest absolute Gasteiger partial charge is 0.490 e. The van der Waals surface area contributed by atoms with E-state index in [1.807, 2.05) is 26.8 Å². The Kier molecular flexibility index (Phi) is 7.05. The summed E-state index contributed by atoms with van der Waals surface area (Å²) in [5, 5.41) is 0. The van der Waals surface area contributed by atoms with Gasteiger partial charge in [-0.15, -0.1) is 0 Å². The standard InChI is InChI=1S/C16H22F2O2/c1-4-5-10-19-13-8-9-14(16(18)15(13)17)20-11-6-7-12(2)3/h7-9H,4-6,10-11H2,1-3H3. The first-order valence-electron chi connectivity index (χ1n) is 6.93. The Bertz CT molecular complexity index is 452. The molecule has 20 heavy (non-hydrogen) atoms. The van der Waals surface area contributed by atoms with Gasteiger partial charge >= 0.3 is 0 Å². The lowest BCUT2D eigenvalue weighted by molar-refractivity contribution is 0.274. The van der Waals surface area contributed by atoms with Crippen molar-refractivity contribution in [2.45, 2.75) is 40.0 Å². The van der Waals surface area contributed by atoms with E-state index in [1.165, 1.54) is 17.7 Å². The Morgan fingerprint density at radius 1 is 1.05 bits per heavy atom. The lowest BCUT2D eigenvalue weighted by Crippen LogP contribution is -2.03. The fourth-order valence-electron chi connectivity index (χ4n) is 1.58. The van der Waals surface area contributed by atoms with Crippen molar-refractivity contribution in [2.24, 2.45) is 0 Å². The number of hydrogen-bond donors (Lipinski definition) is 0. The van der Waals surface area contributed by atoms with E-state index in [0.717, 1.165) is 12.8 Å². The highest BCUT2D eigenvalue weighted by Gasteiger charge is 2.15. The van der Waals surface area contributed by atoms with Crippen molar-refractivity contribution in [1.82, 2.24) is 0 Å². The van der Waals surface area contributed by atoms with Crippen LogP contribution < -0.4 is 9.47 Å². The molecule has 0 N–H and O–H groups in total. The zero-order valence-electron chi connectivity index (χ0n) is 12.3. The minimum Gasteiger partial charge on any atom is -0.490 e. The Hall–Kier alpha value is -1.58. The lowest BCUT2D eigenvalue weighted by atomic mass is 10.2. The SMILES string of the molecule is CCCCOc1ccc(OCCC=C(C)C)c(F)c1F. The zero-order chi connectivity index (χ0) is 15.0. The van der Waals surface area contributed by atoms with Crippen molar-refractivity contribution >= 4 is 0 Å². The molecule has 0 atom stereocenters. The molecule has 0 spiro atoms. The van der Waals surface area contributed by atoms with Crippen LogP contribution >= 0.6 is 0 Å². The number of halogens is 2. The molecule has 2 nitrogen and oxygen atoms in total. The number of benzene rings is 1. The van der Waals surface area contributed by atoms with E-state index >= 15 is 0 Å². The molecule has 0 aliphatic rings. The third-order valence-electron chi connectivity index (χ3n) is 2.69. The summed E-state index contributed by atoms with van der Waals surface area (Å²) < 4.78 is 37.9. The van der Waals surface area contributed by atoms with Crippen molar-refractivity contribution in [3.8, 4) is 11.5 Å². The Labute approximate surface area is 119 Å². The molecule has 1 rings (SSSR count). The van der Waals surface area contributed by atoms with Crippen LogP contribution in [0.4, 0.5) is 8.78 Å². The molecule has 0 fully saturated rings. The maximum atomic E-state index is 13.8. The number of allylic oxidation sites excluding steroid dienone is 1. The maximum absolute atomic E-state index is 13.8. The minimum atomic E-state index is -0.990. The van der Waals surface area contributed by atoms with Gasteiger partial charge in [-0.05, 0) is 38.8 Å². The molecular formula is C16H22F2O2. The van der Waals surface area contributed by atoms with E-state index in [2.05, 4.69) is 0 Å². The fraction of sp³-hybridized carbons (Fsp3) is 0.500. The van der Waals surface area contributed by atoms with Gasteiger partial charge in [0.1, 0.15) is 0 Å². The quantitative estimate of drug-likeness (QED) is 0.500. The summed E-state index contributed by atoms with van der Waals surface area (Å²) in [4.78, 5) is 0. The zero-order valence-corrected chi connectivity index (χ0v) is 12.3. The van der Waals surface area contributed by atoms with E-state index in [4.69, 9.17) is 9.47 Å². The van der Waals surface area contributed by atoms with Crippen molar-refractivity contribution in [3.63, 3.8) is 0 Å². The predicted octanol–water partition coefficient (Wildman–Crippen LogP) is 4.88. The van der Waals surface area contributed by atoms with Crippen molar-refractivity contribution in [1.29, 1.82) is 0 Å². The van der Waals surface area contributed by atoms with Gasteiger partial charge in [0.05, 0.1) is 13.2 Å². The second kappa shape index (κ2) is 8.56. The van der Waals surface area contributed by atoms with Crippen LogP contribution in [0.3, 0.4) is 0 Å². The highest BCUT2D eigenvalue weighted by molar-refractivity contribution is 5.35. The normalized spacial score (nSPS) is 10.2. The van der Waals surface area contributed by atoms with Gasteiger partial charge < -0.3 is 9.47 Å². The van der Waals surface area contributed by atoms with E-state index in [9.17, 15) is 8.78 Å². The summed E-state index contributed by atoms with van der Waals surface area (Å²) in [7, 11) is 0. The summed E-state index contributed by atoms with van der Waals surface area (Å²) in [5.41, 5.74) is 1.17. The van der Waals surface area contributed by atoms with Crippen molar-refractivity contribution < 1.29 is 18.3 Å². The molecule has 0 amide bonds. The van der Waals surface area contributed by atoms with Gasteiger partial charge in [-0.2, -0.15) is 8.78 Å².